The monoisotopic (exact) mass is 647 g/mol. The molecule has 48 heavy (non-hydrogen) atoms. The molecular formula is C42H26BN3S2. The third-order valence-corrected chi connectivity index (χ3v) is 11.9. The number of pyridine rings is 2. The second-order valence-corrected chi connectivity index (χ2v) is 14.3. The van der Waals surface area contributed by atoms with E-state index in [9.17, 15) is 0 Å². The van der Waals surface area contributed by atoms with Crippen molar-refractivity contribution in [3.63, 3.8) is 0 Å². The van der Waals surface area contributed by atoms with Crippen LogP contribution in [0.5, 0.6) is 0 Å². The van der Waals surface area contributed by atoms with E-state index < -0.39 is 0 Å². The van der Waals surface area contributed by atoms with Crippen molar-refractivity contribution in [2.45, 2.75) is 9.79 Å². The molecule has 0 N–H and O–H groups in total. The van der Waals surface area contributed by atoms with Crippen LogP contribution in [0, 0.1) is 0 Å². The molecule has 224 valence electrons. The summed E-state index contributed by atoms with van der Waals surface area (Å²) in [5.74, 6) is 0. The third-order valence-electron chi connectivity index (χ3n) is 9.58. The van der Waals surface area contributed by atoms with Gasteiger partial charge in [-0.3, -0.25) is 9.97 Å². The highest BCUT2D eigenvalue weighted by molar-refractivity contribution is 8.00. The van der Waals surface area contributed by atoms with Gasteiger partial charge in [0.15, 0.2) is 0 Å². The first-order chi connectivity index (χ1) is 23.8. The number of para-hydroxylation sites is 1. The van der Waals surface area contributed by atoms with Gasteiger partial charge >= 0.3 is 0 Å². The summed E-state index contributed by atoms with van der Waals surface area (Å²) < 4.78 is 5.14. The summed E-state index contributed by atoms with van der Waals surface area (Å²) in [6.07, 6.45) is 7.55. The Bertz CT molecular complexity index is 2600. The number of rotatable bonds is 4. The number of hydrogen-bond acceptors (Lipinski definition) is 4. The molecule has 6 heteroatoms. The fourth-order valence-corrected chi connectivity index (χ4v) is 9.92. The van der Waals surface area contributed by atoms with E-state index in [2.05, 4.69) is 148 Å². The second kappa shape index (κ2) is 11.1. The summed E-state index contributed by atoms with van der Waals surface area (Å²) in [6.45, 7) is 0.0300. The van der Waals surface area contributed by atoms with Crippen molar-refractivity contribution in [3.8, 4) is 27.9 Å². The molecular weight excluding hydrogens is 621 g/mol. The summed E-state index contributed by atoms with van der Waals surface area (Å²) in [6, 6.07) is 48.9. The Kier molecular flexibility index (Phi) is 6.39. The molecule has 5 heterocycles. The normalized spacial score (nSPS) is 12.5. The first-order valence-corrected chi connectivity index (χ1v) is 17.7. The standard InChI is InChI=1S/C42H26BN3S2/c1-4-13-36-32(8-1)42-41(33-9-2-5-14-37(33)48-42)46(36)29-16-17-35-39(26-29)47-38-15-6-3-12-34(38)43(35)40-30(27-18-22-44-23-19-27)10-7-11-31(40)28-20-24-45-25-21-28/h1-26H. The van der Waals surface area contributed by atoms with Crippen LogP contribution in [0.1, 0.15) is 0 Å². The molecule has 0 radical (unpaired) electrons. The lowest BCUT2D eigenvalue weighted by Crippen LogP contribution is -2.56. The van der Waals surface area contributed by atoms with Gasteiger partial charge in [-0.05, 0) is 76.9 Å². The van der Waals surface area contributed by atoms with E-state index in [0.717, 1.165) is 11.1 Å². The van der Waals surface area contributed by atoms with Crippen LogP contribution in [0.4, 0.5) is 0 Å². The van der Waals surface area contributed by atoms with Crippen molar-refractivity contribution < 1.29 is 0 Å². The molecule has 1 aliphatic heterocycles. The van der Waals surface area contributed by atoms with E-state index >= 15 is 0 Å². The maximum atomic E-state index is 4.34. The quantitative estimate of drug-likeness (QED) is 0.179. The third kappa shape index (κ3) is 4.23. The van der Waals surface area contributed by atoms with Crippen molar-refractivity contribution >= 4 is 77.4 Å². The summed E-state index contributed by atoms with van der Waals surface area (Å²) in [4.78, 5) is 11.3. The first-order valence-electron chi connectivity index (χ1n) is 16.1. The van der Waals surface area contributed by atoms with E-state index in [1.54, 1.807) is 0 Å². The lowest BCUT2D eigenvalue weighted by atomic mass is 9.35. The molecule has 0 saturated heterocycles. The highest BCUT2D eigenvalue weighted by atomic mass is 32.2. The molecule has 1 aliphatic rings. The fourth-order valence-electron chi connectivity index (χ4n) is 7.53. The minimum atomic E-state index is 0.0300. The predicted octanol–water partition coefficient (Wildman–Crippen LogP) is 9.10. The summed E-state index contributed by atoms with van der Waals surface area (Å²) >= 11 is 3.77. The van der Waals surface area contributed by atoms with E-state index in [0.29, 0.717) is 0 Å². The number of hydrogen-bond donors (Lipinski definition) is 0. The van der Waals surface area contributed by atoms with E-state index in [1.807, 2.05) is 47.9 Å². The average Bonchev–Trinajstić information content (AvgIpc) is 3.69. The second-order valence-electron chi connectivity index (χ2n) is 12.2. The van der Waals surface area contributed by atoms with Crippen molar-refractivity contribution in [2.75, 3.05) is 0 Å². The molecule has 0 spiro atoms. The zero-order valence-corrected chi connectivity index (χ0v) is 27.4. The lowest BCUT2D eigenvalue weighted by molar-refractivity contribution is 1.17. The van der Waals surface area contributed by atoms with Crippen LogP contribution in [0.3, 0.4) is 0 Å². The fraction of sp³-hybridized carbons (Fsp3) is 0. The van der Waals surface area contributed by atoms with Gasteiger partial charge in [-0.15, -0.1) is 11.3 Å². The summed E-state index contributed by atoms with van der Waals surface area (Å²) in [7, 11) is 0. The van der Waals surface area contributed by atoms with Crippen LogP contribution < -0.4 is 16.4 Å². The molecule has 0 bridgehead atoms. The smallest absolute Gasteiger partial charge is 0.245 e. The Labute approximate surface area is 286 Å². The number of thiophene rings is 1. The van der Waals surface area contributed by atoms with Crippen LogP contribution in [-0.4, -0.2) is 21.2 Å². The Balaban J connectivity index is 1.25. The average molecular weight is 648 g/mol. The summed E-state index contributed by atoms with van der Waals surface area (Å²) in [5, 5.41) is 2.60. The Morgan fingerprint density at radius 2 is 1.19 bits per heavy atom. The minimum Gasteiger partial charge on any atom is -0.308 e. The topological polar surface area (TPSA) is 30.7 Å². The molecule has 5 aromatic carbocycles. The Hall–Kier alpha value is -5.43. The van der Waals surface area contributed by atoms with Gasteiger partial charge in [0.05, 0.1) is 15.7 Å². The molecule has 10 rings (SSSR count). The zero-order chi connectivity index (χ0) is 31.6. The van der Waals surface area contributed by atoms with Crippen molar-refractivity contribution in [2.24, 2.45) is 0 Å². The molecule has 0 saturated carbocycles. The van der Waals surface area contributed by atoms with Crippen LogP contribution in [0.2, 0.25) is 0 Å². The van der Waals surface area contributed by atoms with Crippen LogP contribution in [0.25, 0.3) is 59.1 Å². The number of aromatic nitrogens is 3. The molecule has 9 aromatic rings. The first kappa shape index (κ1) is 27.7. The largest absolute Gasteiger partial charge is 0.308 e. The van der Waals surface area contributed by atoms with Crippen molar-refractivity contribution in [1.29, 1.82) is 0 Å². The Morgan fingerprint density at radius 1 is 0.542 bits per heavy atom. The molecule has 4 aromatic heterocycles. The van der Waals surface area contributed by atoms with E-state index in [-0.39, 0.29) is 6.71 Å². The number of nitrogens with zero attached hydrogens (tertiary/aromatic N) is 3. The van der Waals surface area contributed by atoms with Crippen molar-refractivity contribution in [1.82, 2.24) is 14.5 Å². The van der Waals surface area contributed by atoms with Gasteiger partial charge in [-0.25, -0.2) is 0 Å². The molecule has 0 unspecified atom stereocenters. The summed E-state index contributed by atoms with van der Waals surface area (Å²) in [5.41, 5.74) is 12.4. The van der Waals surface area contributed by atoms with E-state index in [1.165, 1.54) is 74.2 Å². The van der Waals surface area contributed by atoms with Crippen molar-refractivity contribution in [3.05, 3.63) is 158 Å². The van der Waals surface area contributed by atoms with Gasteiger partial charge < -0.3 is 4.57 Å². The van der Waals surface area contributed by atoms with Crippen LogP contribution in [-0.2, 0) is 0 Å². The molecule has 0 amide bonds. The van der Waals surface area contributed by atoms with Gasteiger partial charge in [0.25, 0.3) is 0 Å². The van der Waals surface area contributed by atoms with Gasteiger partial charge in [0.2, 0.25) is 6.71 Å². The highest BCUT2D eigenvalue weighted by Crippen LogP contribution is 2.43. The van der Waals surface area contributed by atoms with Gasteiger partial charge in [0.1, 0.15) is 0 Å². The maximum Gasteiger partial charge on any atom is 0.245 e. The van der Waals surface area contributed by atoms with Gasteiger partial charge in [-0.1, -0.05) is 107 Å². The maximum absolute atomic E-state index is 4.34. The Morgan fingerprint density at radius 3 is 1.96 bits per heavy atom. The molecule has 3 nitrogen and oxygen atoms in total. The zero-order valence-electron chi connectivity index (χ0n) is 25.7. The van der Waals surface area contributed by atoms with Crippen LogP contribution in [0.15, 0.2) is 168 Å². The van der Waals surface area contributed by atoms with E-state index in [4.69, 9.17) is 0 Å². The SMILES string of the molecule is c1ccc2c(c1)Sc1cc(-n3c4ccccc4c4sc5ccccc5c43)ccc1B2c1c(-c2ccncc2)cccc1-c1ccncc1. The minimum absolute atomic E-state index is 0.0300. The number of fused-ring (bicyclic) bond motifs is 7. The lowest BCUT2D eigenvalue weighted by Gasteiger charge is -2.30. The van der Waals surface area contributed by atoms with Crippen LogP contribution >= 0.6 is 23.1 Å². The van der Waals surface area contributed by atoms with Gasteiger partial charge in [-0.2, -0.15) is 0 Å². The number of benzene rings is 5. The molecule has 0 aliphatic carbocycles. The van der Waals surface area contributed by atoms with Gasteiger partial charge in [0, 0.05) is 55.7 Å². The molecule has 0 fully saturated rings. The molecule has 0 atom stereocenters. The highest BCUT2D eigenvalue weighted by Gasteiger charge is 2.35. The predicted molar refractivity (Wildman–Crippen MR) is 204 cm³/mol.